The van der Waals surface area contributed by atoms with Crippen molar-refractivity contribution in [2.75, 3.05) is 24.7 Å². The molecule has 10 nitrogen and oxygen atoms in total. The minimum atomic E-state index is -3.53. The van der Waals surface area contributed by atoms with Crippen LogP contribution in [0.15, 0.2) is 12.2 Å². The van der Waals surface area contributed by atoms with Gasteiger partial charge in [0.15, 0.2) is 0 Å². The van der Waals surface area contributed by atoms with Gasteiger partial charge in [-0.2, -0.15) is 0 Å². The molecule has 0 saturated carbocycles. The molecule has 188 valence electrons. The second-order valence-corrected chi connectivity index (χ2v) is 13.8. The highest BCUT2D eigenvalue weighted by Gasteiger charge is 2.24. The maximum Gasteiger partial charge on any atom is 0.331 e. The maximum absolute atomic E-state index is 12.0. The van der Waals surface area contributed by atoms with E-state index in [9.17, 15) is 26.4 Å². The standard InChI is InChI=1S/C20H38N2O8S2/c1-15(21-31(25,26)13-19(3,4)5)11-29-17(23)9-10-18(24)30-12-16(2)22-32(27,28)14-20(6,7)8/h9-10,15-16,21-22H,11-14H2,1-8H3/b10-9+/t15-,16-/m1/s1. The van der Waals surface area contributed by atoms with E-state index in [2.05, 4.69) is 9.44 Å². The van der Waals surface area contributed by atoms with Gasteiger partial charge in [-0.3, -0.25) is 0 Å². The predicted molar refractivity (Wildman–Crippen MR) is 123 cm³/mol. The Morgan fingerprint density at radius 1 is 0.719 bits per heavy atom. The minimum absolute atomic E-state index is 0.0746. The highest BCUT2D eigenvalue weighted by atomic mass is 32.2. The third-order valence-corrected chi connectivity index (χ3v) is 7.33. The van der Waals surface area contributed by atoms with Crippen molar-refractivity contribution in [3.8, 4) is 0 Å². The molecule has 0 radical (unpaired) electrons. The lowest BCUT2D eigenvalue weighted by molar-refractivity contribution is -0.141. The van der Waals surface area contributed by atoms with Crippen LogP contribution in [0.2, 0.25) is 0 Å². The summed E-state index contributed by atoms with van der Waals surface area (Å²) in [6.45, 7) is 13.4. The molecule has 2 atom stereocenters. The molecular weight excluding hydrogens is 460 g/mol. The van der Waals surface area contributed by atoms with Gasteiger partial charge < -0.3 is 9.47 Å². The summed E-state index contributed by atoms with van der Waals surface area (Å²) in [6.07, 6.45) is 1.71. The van der Waals surface area contributed by atoms with E-state index in [4.69, 9.17) is 9.47 Å². The number of carbonyl (C=O) groups excluding carboxylic acids is 2. The van der Waals surface area contributed by atoms with Gasteiger partial charge in [0.25, 0.3) is 0 Å². The highest BCUT2D eigenvalue weighted by molar-refractivity contribution is 7.89. The van der Waals surface area contributed by atoms with Crippen LogP contribution in [0.1, 0.15) is 55.4 Å². The fraction of sp³-hybridized carbons (Fsp3) is 0.800. The van der Waals surface area contributed by atoms with Crippen LogP contribution in [0.4, 0.5) is 0 Å². The molecule has 0 rings (SSSR count). The van der Waals surface area contributed by atoms with E-state index in [1.807, 2.05) is 0 Å². The molecule has 0 spiro atoms. The van der Waals surface area contributed by atoms with Gasteiger partial charge in [0, 0.05) is 12.2 Å². The summed E-state index contributed by atoms with van der Waals surface area (Å²) in [5.74, 6) is -1.84. The molecule has 0 aromatic heterocycles. The molecule has 0 amide bonds. The lowest BCUT2D eigenvalue weighted by Crippen LogP contribution is -2.40. The first kappa shape index (κ1) is 30.5. The zero-order chi connectivity index (χ0) is 25.4. The molecule has 0 aromatic carbocycles. The van der Waals surface area contributed by atoms with Gasteiger partial charge in [0.05, 0.1) is 23.6 Å². The number of ether oxygens (including phenoxy) is 2. The number of rotatable bonds is 12. The Morgan fingerprint density at radius 2 is 1.00 bits per heavy atom. The number of sulfonamides is 2. The number of esters is 2. The first-order chi connectivity index (χ1) is 14.2. The largest absolute Gasteiger partial charge is 0.461 e. The number of hydrogen-bond acceptors (Lipinski definition) is 8. The highest BCUT2D eigenvalue weighted by Crippen LogP contribution is 2.16. The van der Waals surface area contributed by atoms with Gasteiger partial charge in [-0.1, -0.05) is 41.5 Å². The molecule has 0 aromatic rings. The molecule has 2 N–H and O–H groups in total. The first-order valence-corrected chi connectivity index (χ1v) is 13.5. The Morgan fingerprint density at radius 3 is 1.25 bits per heavy atom. The average Bonchev–Trinajstić information content (AvgIpc) is 2.50. The Kier molecular flexibility index (Phi) is 11.5. The fourth-order valence-electron chi connectivity index (χ4n) is 2.55. The van der Waals surface area contributed by atoms with Crippen molar-refractivity contribution in [1.29, 1.82) is 0 Å². The van der Waals surface area contributed by atoms with Crippen molar-refractivity contribution in [2.24, 2.45) is 10.8 Å². The second-order valence-electron chi connectivity index (χ2n) is 10.3. The van der Waals surface area contributed by atoms with E-state index < -0.39 is 54.9 Å². The predicted octanol–water partition coefficient (Wildman–Crippen LogP) is 1.34. The molecular formula is C20H38N2O8S2. The SMILES string of the molecule is C[C@H](COC(=O)/C=C/C(=O)OC[C@@H](C)NS(=O)(=O)CC(C)(C)C)NS(=O)(=O)CC(C)(C)C. The van der Waals surface area contributed by atoms with Gasteiger partial charge >= 0.3 is 11.9 Å². The summed E-state index contributed by atoms with van der Waals surface area (Å²) >= 11 is 0. The Labute approximate surface area is 192 Å². The van der Waals surface area contributed by atoms with Crippen LogP contribution in [0.3, 0.4) is 0 Å². The Balaban J connectivity index is 4.41. The van der Waals surface area contributed by atoms with Crippen molar-refractivity contribution in [1.82, 2.24) is 9.44 Å². The van der Waals surface area contributed by atoms with E-state index >= 15 is 0 Å². The third kappa shape index (κ3) is 17.1. The molecule has 0 saturated heterocycles. The molecule has 0 aliphatic rings. The van der Waals surface area contributed by atoms with Gasteiger partial charge in [0.1, 0.15) is 13.2 Å². The van der Waals surface area contributed by atoms with Gasteiger partial charge in [-0.05, 0) is 24.7 Å². The molecule has 0 fully saturated rings. The minimum Gasteiger partial charge on any atom is -0.461 e. The Hall–Kier alpha value is -1.50. The molecule has 12 heteroatoms. The Bertz CT molecular complexity index is 794. The van der Waals surface area contributed by atoms with E-state index in [1.54, 1.807) is 55.4 Å². The van der Waals surface area contributed by atoms with Crippen molar-refractivity contribution < 1.29 is 35.9 Å². The van der Waals surface area contributed by atoms with Crippen molar-refractivity contribution >= 4 is 32.0 Å². The van der Waals surface area contributed by atoms with E-state index in [1.165, 1.54) is 0 Å². The number of carbonyl (C=O) groups is 2. The number of nitrogens with one attached hydrogen (secondary N) is 2. The van der Waals surface area contributed by atoms with Crippen LogP contribution in [0, 0.1) is 10.8 Å². The first-order valence-electron chi connectivity index (χ1n) is 10.2. The molecule has 0 unspecified atom stereocenters. The van der Waals surface area contributed by atoms with Gasteiger partial charge in [-0.15, -0.1) is 0 Å². The maximum atomic E-state index is 12.0. The van der Waals surface area contributed by atoms with Crippen LogP contribution in [0.5, 0.6) is 0 Å². The van der Waals surface area contributed by atoms with Gasteiger partial charge in [0.2, 0.25) is 20.0 Å². The van der Waals surface area contributed by atoms with Crippen LogP contribution in [-0.2, 0) is 39.1 Å². The summed E-state index contributed by atoms with van der Waals surface area (Å²) in [5, 5.41) is 0. The quantitative estimate of drug-likeness (QED) is 0.303. The third-order valence-electron chi connectivity index (χ3n) is 3.31. The van der Waals surface area contributed by atoms with Gasteiger partial charge in [-0.25, -0.2) is 35.9 Å². The summed E-state index contributed by atoms with van der Waals surface area (Å²) in [7, 11) is -7.07. The molecule has 0 aliphatic heterocycles. The van der Waals surface area contributed by atoms with Crippen LogP contribution >= 0.6 is 0 Å². The van der Waals surface area contributed by atoms with E-state index in [0.29, 0.717) is 0 Å². The van der Waals surface area contributed by atoms with Crippen molar-refractivity contribution in [3.05, 3.63) is 12.2 Å². The van der Waals surface area contributed by atoms with E-state index in [0.717, 1.165) is 12.2 Å². The monoisotopic (exact) mass is 498 g/mol. The smallest absolute Gasteiger partial charge is 0.331 e. The molecule has 0 heterocycles. The summed E-state index contributed by atoms with van der Waals surface area (Å²) < 4.78 is 62.8. The average molecular weight is 499 g/mol. The zero-order valence-corrected chi connectivity index (χ0v) is 21.9. The van der Waals surface area contributed by atoms with Crippen molar-refractivity contribution in [2.45, 2.75) is 67.5 Å². The summed E-state index contributed by atoms with van der Waals surface area (Å²) in [6, 6.07) is -1.29. The second kappa shape index (κ2) is 12.1. The molecule has 0 bridgehead atoms. The van der Waals surface area contributed by atoms with Crippen LogP contribution in [0.25, 0.3) is 0 Å². The number of hydrogen-bond donors (Lipinski definition) is 2. The topological polar surface area (TPSA) is 145 Å². The zero-order valence-electron chi connectivity index (χ0n) is 20.2. The lowest BCUT2D eigenvalue weighted by atomic mass is 10.0. The fourth-order valence-corrected chi connectivity index (χ4v) is 6.36. The molecule has 32 heavy (non-hydrogen) atoms. The normalized spacial score (nSPS) is 15.4. The van der Waals surface area contributed by atoms with Crippen molar-refractivity contribution in [3.63, 3.8) is 0 Å². The van der Waals surface area contributed by atoms with E-state index in [-0.39, 0.29) is 24.7 Å². The van der Waals surface area contributed by atoms with Crippen LogP contribution < -0.4 is 9.44 Å². The lowest BCUT2D eigenvalue weighted by Gasteiger charge is -2.21. The summed E-state index contributed by atoms with van der Waals surface area (Å²) in [4.78, 5) is 23.4. The summed E-state index contributed by atoms with van der Waals surface area (Å²) in [5.41, 5.74) is -0.843. The molecule has 0 aliphatic carbocycles. The van der Waals surface area contributed by atoms with Crippen LogP contribution in [-0.4, -0.2) is 65.6 Å².